The van der Waals surface area contributed by atoms with E-state index in [2.05, 4.69) is 12.0 Å². The average molecular weight is 238 g/mol. The summed E-state index contributed by atoms with van der Waals surface area (Å²) in [7, 11) is 1.80. The Morgan fingerprint density at radius 1 is 1.47 bits per heavy atom. The summed E-state index contributed by atoms with van der Waals surface area (Å²) in [5, 5.41) is 4.29. The molecule has 0 aliphatic carbocycles. The Labute approximate surface area is 103 Å². The van der Waals surface area contributed by atoms with E-state index in [9.17, 15) is 4.79 Å². The number of amides is 1. The molecule has 96 valence electrons. The lowest BCUT2D eigenvalue weighted by molar-refractivity contribution is 0.0749. The summed E-state index contributed by atoms with van der Waals surface area (Å²) in [6.45, 7) is 5.91. The largest absolute Gasteiger partial charge is 0.336 e. The van der Waals surface area contributed by atoms with Crippen molar-refractivity contribution in [2.75, 3.05) is 19.6 Å². The van der Waals surface area contributed by atoms with Crippen LogP contribution in [0.3, 0.4) is 0 Å². The first kappa shape index (κ1) is 13.7. The third-order valence-corrected chi connectivity index (χ3v) is 2.69. The van der Waals surface area contributed by atoms with Crippen LogP contribution >= 0.6 is 0 Å². The Morgan fingerprint density at radius 3 is 2.65 bits per heavy atom. The number of nitrogens with zero attached hydrogens (tertiary/aromatic N) is 3. The molecule has 0 aromatic carbocycles. The van der Waals surface area contributed by atoms with Gasteiger partial charge in [0.15, 0.2) is 0 Å². The number of rotatable bonds is 6. The number of hydrogen-bond donors (Lipinski definition) is 1. The first-order valence-corrected chi connectivity index (χ1v) is 6.16. The zero-order valence-corrected chi connectivity index (χ0v) is 10.9. The van der Waals surface area contributed by atoms with Gasteiger partial charge >= 0.3 is 0 Å². The lowest BCUT2D eigenvalue weighted by atomic mass is 10.2. The molecular formula is C12H22N4O. The second-order valence-electron chi connectivity index (χ2n) is 4.08. The zero-order chi connectivity index (χ0) is 12.8. The van der Waals surface area contributed by atoms with E-state index < -0.39 is 0 Å². The minimum atomic E-state index is 0.0204. The van der Waals surface area contributed by atoms with Gasteiger partial charge in [-0.25, -0.2) is 0 Å². The van der Waals surface area contributed by atoms with Crippen molar-refractivity contribution in [3.05, 3.63) is 17.5 Å². The molecule has 1 heterocycles. The van der Waals surface area contributed by atoms with Crippen molar-refractivity contribution < 1.29 is 4.79 Å². The third-order valence-electron chi connectivity index (χ3n) is 2.69. The lowest BCUT2D eigenvalue weighted by Crippen LogP contribution is -2.36. The molecule has 17 heavy (non-hydrogen) atoms. The molecule has 0 radical (unpaired) electrons. The maximum atomic E-state index is 12.3. The Hall–Kier alpha value is -1.36. The Balaban J connectivity index is 2.87. The van der Waals surface area contributed by atoms with Crippen LogP contribution in [0, 0.1) is 0 Å². The maximum absolute atomic E-state index is 12.3. The quantitative estimate of drug-likeness (QED) is 0.797. The van der Waals surface area contributed by atoms with Crippen molar-refractivity contribution in [2.45, 2.75) is 26.7 Å². The molecule has 0 aliphatic rings. The minimum absolute atomic E-state index is 0.0204. The van der Waals surface area contributed by atoms with Crippen molar-refractivity contribution in [1.29, 1.82) is 0 Å². The summed E-state index contributed by atoms with van der Waals surface area (Å²) in [6.07, 6.45) is 1.77. The molecule has 0 fully saturated rings. The van der Waals surface area contributed by atoms with E-state index in [1.165, 1.54) is 0 Å². The van der Waals surface area contributed by atoms with Crippen molar-refractivity contribution in [3.63, 3.8) is 0 Å². The van der Waals surface area contributed by atoms with E-state index >= 15 is 0 Å². The van der Waals surface area contributed by atoms with E-state index in [-0.39, 0.29) is 5.91 Å². The molecule has 1 amide bonds. The van der Waals surface area contributed by atoms with Crippen LogP contribution in [0.4, 0.5) is 0 Å². The van der Waals surface area contributed by atoms with Gasteiger partial charge in [-0.2, -0.15) is 5.10 Å². The Morgan fingerprint density at radius 2 is 2.18 bits per heavy atom. The van der Waals surface area contributed by atoms with Crippen molar-refractivity contribution in [1.82, 2.24) is 14.7 Å². The fourth-order valence-electron chi connectivity index (χ4n) is 1.80. The second kappa shape index (κ2) is 6.39. The zero-order valence-electron chi connectivity index (χ0n) is 10.9. The molecule has 1 rings (SSSR count). The highest BCUT2D eigenvalue weighted by atomic mass is 16.2. The average Bonchev–Trinajstić information content (AvgIpc) is 2.69. The summed E-state index contributed by atoms with van der Waals surface area (Å²) < 4.78 is 1.65. The standard InChI is InChI=1S/C12H22N4O/c1-4-7-16(8-6-13)12(17)11-9-10(5-2)14-15(11)3/h9H,4-8,13H2,1-3H3. The van der Waals surface area contributed by atoms with Gasteiger partial charge in [0.25, 0.3) is 5.91 Å². The molecule has 5 nitrogen and oxygen atoms in total. The number of carbonyl (C=O) groups excluding carboxylic acids is 1. The van der Waals surface area contributed by atoms with Crippen molar-refractivity contribution in [2.24, 2.45) is 12.8 Å². The molecule has 1 aromatic heterocycles. The highest BCUT2D eigenvalue weighted by Gasteiger charge is 2.18. The third kappa shape index (κ3) is 3.30. The smallest absolute Gasteiger partial charge is 0.272 e. The van der Waals surface area contributed by atoms with E-state index in [1.54, 1.807) is 16.6 Å². The van der Waals surface area contributed by atoms with Crippen LogP contribution in [0.15, 0.2) is 6.07 Å². The van der Waals surface area contributed by atoms with Gasteiger partial charge < -0.3 is 10.6 Å². The van der Waals surface area contributed by atoms with Crippen LogP contribution in [0.5, 0.6) is 0 Å². The second-order valence-corrected chi connectivity index (χ2v) is 4.08. The molecule has 0 aliphatic heterocycles. The molecule has 2 N–H and O–H groups in total. The fourth-order valence-corrected chi connectivity index (χ4v) is 1.80. The van der Waals surface area contributed by atoms with Crippen LogP contribution in [0.25, 0.3) is 0 Å². The van der Waals surface area contributed by atoms with Gasteiger partial charge in [-0.3, -0.25) is 9.48 Å². The molecule has 0 atom stereocenters. The fraction of sp³-hybridized carbons (Fsp3) is 0.667. The van der Waals surface area contributed by atoms with Gasteiger partial charge in [0.05, 0.1) is 5.69 Å². The summed E-state index contributed by atoms with van der Waals surface area (Å²) in [6, 6.07) is 1.86. The summed E-state index contributed by atoms with van der Waals surface area (Å²) in [5.74, 6) is 0.0204. The Bertz CT molecular complexity index is 367. The summed E-state index contributed by atoms with van der Waals surface area (Å²) in [5.41, 5.74) is 7.12. The maximum Gasteiger partial charge on any atom is 0.272 e. The molecule has 0 unspecified atom stereocenters. The van der Waals surface area contributed by atoms with Gasteiger partial charge in [-0.1, -0.05) is 13.8 Å². The van der Waals surface area contributed by atoms with E-state index in [4.69, 9.17) is 5.73 Å². The van der Waals surface area contributed by atoms with E-state index in [1.807, 2.05) is 13.0 Å². The van der Waals surface area contributed by atoms with E-state index in [0.717, 1.165) is 25.1 Å². The number of carbonyl (C=O) groups is 1. The van der Waals surface area contributed by atoms with Gasteiger partial charge in [-0.15, -0.1) is 0 Å². The number of hydrogen-bond acceptors (Lipinski definition) is 3. The highest BCUT2D eigenvalue weighted by Crippen LogP contribution is 2.08. The number of aromatic nitrogens is 2. The first-order valence-electron chi connectivity index (χ1n) is 6.16. The van der Waals surface area contributed by atoms with Crippen LogP contribution < -0.4 is 5.73 Å². The number of aryl methyl sites for hydroxylation is 2. The van der Waals surface area contributed by atoms with Crippen LogP contribution in [-0.2, 0) is 13.5 Å². The van der Waals surface area contributed by atoms with Gasteiger partial charge in [0.1, 0.15) is 5.69 Å². The summed E-state index contributed by atoms with van der Waals surface area (Å²) >= 11 is 0. The van der Waals surface area contributed by atoms with E-state index in [0.29, 0.717) is 18.8 Å². The molecule has 0 bridgehead atoms. The van der Waals surface area contributed by atoms with Gasteiger partial charge in [0.2, 0.25) is 0 Å². The molecule has 0 saturated carbocycles. The normalized spacial score (nSPS) is 10.6. The molecular weight excluding hydrogens is 216 g/mol. The van der Waals surface area contributed by atoms with Gasteiger partial charge in [-0.05, 0) is 18.9 Å². The van der Waals surface area contributed by atoms with Crippen LogP contribution in [-0.4, -0.2) is 40.2 Å². The monoisotopic (exact) mass is 238 g/mol. The SMILES string of the molecule is CCCN(CCN)C(=O)c1cc(CC)nn1C. The molecule has 0 saturated heterocycles. The predicted molar refractivity (Wildman–Crippen MR) is 67.8 cm³/mol. The molecule has 0 spiro atoms. The van der Waals surface area contributed by atoms with Crippen molar-refractivity contribution >= 4 is 5.91 Å². The first-order chi connectivity index (χ1) is 8.13. The molecule has 1 aromatic rings. The topological polar surface area (TPSA) is 64.2 Å². The highest BCUT2D eigenvalue weighted by molar-refractivity contribution is 5.92. The predicted octanol–water partition coefficient (Wildman–Crippen LogP) is 0.793. The van der Waals surface area contributed by atoms with Crippen molar-refractivity contribution in [3.8, 4) is 0 Å². The van der Waals surface area contributed by atoms with Crippen LogP contribution in [0.1, 0.15) is 36.5 Å². The van der Waals surface area contributed by atoms with Gasteiger partial charge in [0, 0.05) is 26.7 Å². The minimum Gasteiger partial charge on any atom is -0.336 e. The Kier molecular flexibility index (Phi) is 5.15. The summed E-state index contributed by atoms with van der Waals surface area (Å²) in [4.78, 5) is 14.1. The molecule has 5 heteroatoms. The number of nitrogens with two attached hydrogens (primary N) is 1. The lowest BCUT2D eigenvalue weighted by Gasteiger charge is -2.21. The van der Waals surface area contributed by atoms with Crippen LogP contribution in [0.2, 0.25) is 0 Å².